The second-order valence-corrected chi connectivity index (χ2v) is 4.69. The Kier molecular flexibility index (Phi) is 4.04. The number of halogens is 1. The summed E-state index contributed by atoms with van der Waals surface area (Å²) >= 11 is 2.30. The second-order valence-electron chi connectivity index (χ2n) is 3.81. The molecule has 86 valence electrons. The molecule has 1 aromatic carbocycles. The first-order valence-electron chi connectivity index (χ1n) is 5.34. The molecule has 0 saturated carbocycles. The molecule has 1 aliphatic rings. The lowest BCUT2D eigenvalue weighted by atomic mass is 10.1. The van der Waals surface area contributed by atoms with Crippen LogP contribution in [0.25, 0.3) is 0 Å². The molecule has 2 rings (SSSR count). The molecule has 1 amide bonds. The highest BCUT2D eigenvalue weighted by molar-refractivity contribution is 14.1. The maximum atomic E-state index is 11.5. The van der Waals surface area contributed by atoms with E-state index in [4.69, 9.17) is 4.74 Å². The van der Waals surface area contributed by atoms with E-state index >= 15 is 0 Å². The zero-order valence-electron chi connectivity index (χ0n) is 8.93. The van der Waals surface area contributed by atoms with Crippen molar-refractivity contribution in [3.05, 3.63) is 35.9 Å². The van der Waals surface area contributed by atoms with E-state index in [1.54, 1.807) is 0 Å². The topological polar surface area (TPSA) is 29.5 Å². The number of carbonyl (C=O) groups is 1. The van der Waals surface area contributed by atoms with E-state index < -0.39 is 0 Å². The number of benzene rings is 1. The third-order valence-electron chi connectivity index (χ3n) is 2.74. The summed E-state index contributed by atoms with van der Waals surface area (Å²) in [5.74, 6) is 0. The quantitative estimate of drug-likeness (QED) is 0.627. The van der Waals surface area contributed by atoms with Crippen molar-refractivity contribution in [1.82, 2.24) is 4.90 Å². The average molecular weight is 331 g/mol. The van der Waals surface area contributed by atoms with Crippen LogP contribution in [-0.2, 0) is 11.2 Å². The van der Waals surface area contributed by atoms with Crippen LogP contribution < -0.4 is 0 Å². The van der Waals surface area contributed by atoms with Gasteiger partial charge in [-0.1, -0.05) is 52.9 Å². The number of cyclic esters (lactones) is 1. The van der Waals surface area contributed by atoms with Crippen LogP contribution in [0.15, 0.2) is 30.3 Å². The summed E-state index contributed by atoms with van der Waals surface area (Å²) in [6.45, 7) is 1.28. The van der Waals surface area contributed by atoms with Gasteiger partial charge in [0.05, 0.1) is 6.04 Å². The Labute approximate surface area is 109 Å². The first-order chi connectivity index (χ1) is 7.81. The van der Waals surface area contributed by atoms with E-state index in [9.17, 15) is 4.79 Å². The van der Waals surface area contributed by atoms with E-state index in [-0.39, 0.29) is 12.1 Å². The number of rotatable bonds is 4. The van der Waals surface area contributed by atoms with Gasteiger partial charge in [-0.05, 0) is 12.0 Å². The average Bonchev–Trinajstić information content (AvgIpc) is 2.69. The Hall–Kier alpha value is -0.780. The van der Waals surface area contributed by atoms with E-state index in [0.717, 1.165) is 17.4 Å². The number of amides is 1. The minimum atomic E-state index is -0.169. The van der Waals surface area contributed by atoms with Crippen LogP contribution in [0.5, 0.6) is 0 Å². The Morgan fingerprint density at radius 1 is 1.38 bits per heavy atom. The van der Waals surface area contributed by atoms with Gasteiger partial charge in [-0.2, -0.15) is 0 Å². The van der Waals surface area contributed by atoms with Crippen LogP contribution in [-0.4, -0.2) is 34.6 Å². The fraction of sp³-hybridized carbons (Fsp3) is 0.417. The summed E-state index contributed by atoms with van der Waals surface area (Å²) in [6.07, 6.45) is 0.723. The Morgan fingerprint density at radius 2 is 2.12 bits per heavy atom. The van der Waals surface area contributed by atoms with Gasteiger partial charge in [0.1, 0.15) is 6.61 Å². The van der Waals surface area contributed by atoms with Crippen molar-refractivity contribution < 1.29 is 9.53 Å². The number of alkyl halides is 1. The van der Waals surface area contributed by atoms with Crippen LogP contribution >= 0.6 is 22.6 Å². The van der Waals surface area contributed by atoms with Crippen LogP contribution in [0, 0.1) is 0 Å². The number of ether oxygens (including phenoxy) is 1. The summed E-state index contributed by atoms with van der Waals surface area (Å²) in [5, 5.41) is 0. The number of nitrogens with zero attached hydrogens (tertiary/aromatic N) is 1. The van der Waals surface area contributed by atoms with Crippen molar-refractivity contribution in [2.24, 2.45) is 0 Å². The largest absolute Gasteiger partial charge is 0.447 e. The second kappa shape index (κ2) is 5.52. The van der Waals surface area contributed by atoms with E-state index in [1.165, 1.54) is 5.56 Å². The summed E-state index contributed by atoms with van der Waals surface area (Å²) in [5.41, 5.74) is 1.26. The number of hydrogen-bond acceptors (Lipinski definition) is 2. The highest BCUT2D eigenvalue weighted by Gasteiger charge is 2.31. The highest BCUT2D eigenvalue weighted by atomic mass is 127. The molecule has 0 N–H and O–H groups in total. The molecular weight excluding hydrogens is 317 g/mol. The third-order valence-corrected chi connectivity index (χ3v) is 3.75. The predicted octanol–water partition coefficient (Wildman–Crippen LogP) is 2.48. The van der Waals surface area contributed by atoms with Gasteiger partial charge in [0, 0.05) is 11.0 Å². The van der Waals surface area contributed by atoms with Crippen molar-refractivity contribution in [1.29, 1.82) is 0 Å². The zero-order chi connectivity index (χ0) is 11.4. The van der Waals surface area contributed by atoms with Gasteiger partial charge in [0.15, 0.2) is 0 Å². The fourth-order valence-electron chi connectivity index (χ4n) is 1.79. The number of hydrogen-bond donors (Lipinski definition) is 0. The third kappa shape index (κ3) is 2.66. The first-order valence-corrected chi connectivity index (χ1v) is 6.87. The molecule has 0 aliphatic carbocycles. The van der Waals surface area contributed by atoms with Crippen LogP contribution in [0.3, 0.4) is 0 Å². The lowest BCUT2D eigenvalue weighted by Gasteiger charge is -2.19. The van der Waals surface area contributed by atoms with Crippen molar-refractivity contribution >= 4 is 28.7 Å². The Balaban J connectivity index is 1.92. The maximum absolute atomic E-state index is 11.5. The van der Waals surface area contributed by atoms with Gasteiger partial charge in [-0.3, -0.25) is 0 Å². The van der Waals surface area contributed by atoms with E-state index in [1.807, 2.05) is 23.1 Å². The standard InChI is InChI=1S/C12H14INO2/c13-8-11-9-16-12(15)14(11)7-6-10-4-2-1-3-5-10/h1-5,11H,6-9H2/t11-/m1/s1. The van der Waals surface area contributed by atoms with Gasteiger partial charge in [0.2, 0.25) is 0 Å². The molecule has 1 saturated heterocycles. The number of carbonyl (C=O) groups excluding carboxylic acids is 1. The smallest absolute Gasteiger partial charge is 0.410 e. The molecule has 1 aromatic rings. The van der Waals surface area contributed by atoms with Gasteiger partial charge >= 0.3 is 6.09 Å². The Morgan fingerprint density at radius 3 is 2.81 bits per heavy atom. The predicted molar refractivity (Wildman–Crippen MR) is 70.9 cm³/mol. The maximum Gasteiger partial charge on any atom is 0.410 e. The van der Waals surface area contributed by atoms with Crippen molar-refractivity contribution in [3.63, 3.8) is 0 Å². The van der Waals surface area contributed by atoms with E-state index in [2.05, 4.69) is 34.7 Å². The molecule has 3 nitrogen and oxygen atoms in total. The molecule has 0 spiro atoms. The highest BCUT2D eigenvalue weighted by Crippen LogP contribution is 2.15. The van der Waals surface area contributed by atoms with E-state index in [0.29, 0.717) is 6.61 Å². The lowest BCUT2D eigenvalue weighted by molar-refractivity contribution is 0.158. The van der Waals surface area contributed by atoms with Crippen LogP contribution in [0.1, 0.15) is 5.56 Å². The summed E-state index contributed by atoms with van der Waals surface area (Å²) in [4.78, 5) is 13.3. The fourth-order valence-corrected chi connectivity index (χ4v) is 2.52. The molecule has 1 fully saturated rings. The molecule has 16 heavy (non-hydrogen) atoms. The van der Waals surface area contributed by atoms with Gasteiger partial charge < -0.3 is 9.64 Å². The molecule has 4 heteroatoms. The van der Waals surface area contributed by atoms with Crippen LogP contribution in [0.4, 0.5) is 4.79 Å². The molecule has 1 aliphatic heterocycles. The van der Waals surface area contributed by atoms with Crippen molar-refractivity contribution in [3.8, 4) is 0 Å². The first kappa shape index (κ1) is 11.7. The zero-order valence-corrected chi connectivity index (χ0v) is 11.1. The summed E-state index contributed by atoms with van der Waals surface area (Å²) in [6, 6.07) is 10.5. The molecule has 0 aromatic heterocycles. The van der Waals surface area contributed by atoms with Gasteiger partial charge in [0.25, 0.3) is 0 Å². The monoisotopic (exact) mass is 331 g/mol. The molecule has 0 radical (unpaired) electrons. The van der Waals surface area contributed by atoms with Crippen molar-refractivity contribution in [2.45, 2.75) is 12.5 Å². The normalized spacial score (nSPS) is 19.9. The Bertz CT molecular complexity index is 355. The molecule has 1 heterocycles. The van der Waals surface area contributed by atoms with Gasteiger partial charge in [-0.15, -0.1) is 0 Å². The van der Waals surface area contributed by atoms with Crippen LogP contribution in [0.2, 0.25) is 0 Å². The van der Waals surface area contributed by atoms with Crippen molar-refractivity contribution in [2.75, 3.05) is 17.6 Å². The SMILES string of the molecule is O=C1OC[C@@H](CI)N1CCc1ccccc1. The lowest BCUT2D eigenvalue weighted by Crippen LogP contribution is -2.36. The summed E-state index contributed by atoms with van der Waals surface area (Å²) in [7, 11) is 0. The summed E-state index contributed by atoms with van der Waals surface area (Å²) < 4.78 is 5.97. The minimum absolute atomic E-state index is 0.169. The van der Waals surface area contributed by atoms with Gasteiger partial charge in [-0.25, -0.2) is 4.79 Å². The molecule has 1 atom stereocenters. The molecular formula is C12H14INO2. The minimum Gasteiger partial charge on any atom is -0.447 e. The molecule has 0 bridgehead atoms. The molecule has 0 unspecified atom stereocenters.